The Kier molecular flexibility index (Phi) is 7.47. The van der Waals surface area contributed by atoms with E-state index in [0.29, 0.717) is 43.7 Å². The second kappa shape index (κ2) is 10.1. The van der Waals surface area contributed by atoms with Crippen LogP contribution in [0.25, 0.3) is 0 Å². The molecule has 0 bridgehead atoms. The van der Waals surface area contributed by atoms with Crippen LogP contribution in [0.4, 0.5) is 5.69 Å². The zero-order valence-electron chi connectivity index (χ0n) is 17.3. The molecule has 1 N–H and O–H groups in total. The van der Waals surface area contributed by atoms with Crippen LogP contribution in [0.3, 0.4) is 0 Å². The van der Waals surface area contributed by atoms with Crippen molar-refractivity contribution >= 4 is 21.6 Å². The number of benzene rings is 2. The second-order valence-corrected chi connectivity index (χ2v) is 9.16. The van der Waals surface area contributed by atoms with Crippen molar-refractivity contribution in [3.05, 3.63) is 54.1 Å². The molecule has 8 heteroatoms. The summed E-state index contributed by atoms with van der Waals surface area (Å²) in [5.41, 5.74) is 1.59. The topological polar surface area (TPSA) is 84.9 Å². The maximum atomic E-state index is 12.7. The molecular formula is C22H28N2O5S. The van der Waals surface area contributed by atoms with Gasteiger partial charge in [0.25, 0.3) is 5.91 Å². The molecule has 162 valence electrons. The van der Waals surface area contributed by atoms with E-state index in [9.17, 15) is 13.2 Å². The zero-order valence-corrected chi connectivity index (χ0v) is 18.2. The van der Waals surface area contributed by atoms with Crippen molar-refractivity contribution in [1.82, 2.24) is 4.31 Å². The molecule has 2 aromatic rings. The number of hydrogen-bond acceptors (Lipinski definition) is 5. The quantitative estimate of drug-likeness (QED) is 0.692. The summed E-state index contributed by atoms with van der Waals surface area (Å²) in [5.74, 6) is 0.733. The van der Waals surface area contributed by atoms with E-state index in [2.05, 4.69) is 19.2 Å². The van der Waals surface area contributed by atoms with Gasteiger partial charge in [0.2, 0.25) is 10.0 Å². The third-order valence-corrected chi connectivity index (χ3v) is 7.08. The van der Waals surface area contributed by atoms with Crippen LogP contribution in [0.2, 0.25) is 0 Å². The van der Waals surface area contributed by atoms with E-state index < -0.39 is 10.0 Å². The molecule has 0 unspecified atom stereocenters. The molecule has 1 aliphatic rings. The first-order valence-electron chi connectivity index (χ1n) is 10.1. The van der Waals surface area contributed by atoms with Crippen molar-refractivity contribution in [2.45, 2.75) is 31.1 Å². The number of para-hydroxylation sites is 1. The van der Waals surface area contributed by atoms with Gasteiger partial charge in [-0.15, -0.1) is 0 Å². The van der Waals surface area contributed by atoms with Crippen LogP contribution in [-0.4, -0.2) is 51.5 Å². The van der Waals surface area contributed by atoms with Gasteiger partial charge in [0.1, 0.15) is 5.75 Å². The number of amides is 1. The fraction of sp³-hybridized carbons (Fsp3) is 0.409. The molecule has 0 aliphatic carbocycles. The van der Waals surface area contributed by atoms with Crippen molar-refractivity contribution in [1.29, 1.82) is 0 Å². The summed E-state index contributed by atoms with van der Waals surface area (Å²) < 4.78 is 37.7. The average Bonchev–Trinajstić information content (AvgIpc) is 2.78. The molecule has 1 atom stereocenters. The molecule has 1 aliphatic heterocycles. The van der Waals surface area contributed by atoms with Crippen molar-refractivity contribution in [2.24, 2.45) is 0 Å². The first-order chi connectivity index (χ1) is 14.4. The molecule has 3 rings (SSSR count). The molecule has 30 heavy (non-hydrogen) atoms. The minimum Gasteiger partial charge on any atom is -0.483 e. The monoisotopic (exact) mass is 432 g/mol. The Morgan fingerprint density at radius 3 is 2.47 bits per heavy atom. The fourth-order valence-electron chi connectivity index (χ4n) is 3.23. The molecular weight excluding hydrogens is 404 g/mol. The van der Waals surface area contributed by atoms with E-state index in [1.807, 2.05) is 24.3 Å². The Balaban J connectivity index is 1.59. The summed E-state index contributed by atoms with van der Waals surface area (Å²) in [6.07, 6.45) is 0.978. The van der Waals surface area contributed by atoms with Crippen LogP contribution in [0.1, 0.15) is 31.7 Å². The van der Waals surface area contributed by atoms with E-state index in [1.165, 1.54) is 16.4 Å². The summed E-state index contributed by atoms with van der Waals surface area (Å²) in [6, 6.07) is 13.9. The van der Waals surface area contributed by atoms with E-state index in [1.54, 1.807) is 12.1 Å². The highest BCUT2D eigenvalue weighted by Gasteiger charge is 2.26. The molecule has 0 spiro atoms. The third kappa shape index (κ3) is 5.38. The minimum atomic E-state index is -3.55. The van der Waals surface area contributed by atoms with Crippen LogP contribution in [0, 0.1) is 0 Å². The van der Waals surface area contributed by atoms with Gasteiger partial charge in [-0.3, -0.25) is 4.79 Å². The summed E-state index contributed by atoms with van der Waals surface area (Å²) in [5, 5.41) is 2.74. The number of carbonyl (C=O) groups is 1. The molecule has 7 nitrogen and oxygen atoms in total. The van der Waals surface area contributed by atoms with Crippen molar-refractivity contribution in [3.8, 4) is 5.75 Å². The number of carbonyl (C=O) groups excluding carboxylic acids is 1. The third-order valence-electron chi connectivity index (χ3n) is 5.17. The molecule has 1 amide bonds. The van der Waals surface area contributed by atoms with Gasteiger partial charge >= 0.3 is 0 Å². The highest BCUT2D eigenvalue weighted by molar-refractivity contribution is 7.89. The molecule has 1 fully saturated rings. The minimum absolute atomic E-state index is 0.124. The van der Waals surface area contributed by atoms with Gasteiger partial charge in [-0.05, 0) is 48.2 Å². The maximum Gasteiger partial charge on any atom is 0.262 e. The number of nitrogens with zero attached hydrogens (tertiary/aromatic N) is 1. The highest BCUT2D eigenvalue weighted by atomic mass is 32.2. The summed E-state index contributed by atoms with van der Waals surface area (Å²) in [7, 11) is -3.55. The van der Waals surface area contributed by atoms with E-state index in [0.717, 1.165) is 12.0 Å². The Labute approximate surface area is 178 Å². The number of hydrogen-bond donors (Lipinski definition) is 1. The highest BCUT2D eigenvalue weighted by Crippen LogP contribution is 2.28. The van der Waals surface area contributed by atoms with Crippen LogP contribution < -0.4 is 10.1 Å². The van der Waals surface area contributed by atoms with Gasteiger partial charge in [-0.2, -0.15) is 4.31 Å². The average molecular weight is 433 g/mol. The standard InChI is InChI=1S/C22H28N2O5S/c1-3-17(2)20-6-4-5-7-21(20)29-16-22(25)23-18-8-10-19(11-9-18)30(26,27)24-12-14-28-15-13-24/h4-11,17H,3,12-16H2,1-2H3,(H,23,25)/t17-/m0/s1. The van der Waals surface area contributed by atoms with Crippen molar-refractivity contribution in [3.63, 3.8) is 0 Å². The van der Waals surface area contributed by atoms with E-state index in [-0.39, 0.29) is 17.4 Å². The Hall–Kier alpha value is -2.42. The van der Waals surface area contributed by atoms with Gasteiger partial charge in [0.15, 0.2) is 6.61 Å². The Bertz CT molecular complexity index is 954. The van der Waals surface area contributed by atoms with Crippen molar-refractivity contribution < 1.29 is 22.7 Å². The summed E-state index contributed by atoms with van der Waals surface area (Å²) in [6.45, 7) is 5.58. The summed E-state index contributed by atoms with van der Waals surface area (Å²) in [4.78, 5) is 12.5. The lowest BCUT2D eigenvalue weighted by Gasteiger charge is -2.26. The first kappa shape index (κ1) is 22.3. The van der Waals surface area contributed by atoms with Crippen LogP contribution in [0.15, 0.2) is 53.4 Å². The van der Waals surface area contributed by atoms with E-state index in [4.69, 9.17) is 9.47 Å². The predicted molar refractivity (Wildman–Crippen MR) is 115 cm³/mol. The first-order valence-corrected chi connectivity index (χ1v) is 11.6. The van der Waals surface area contributed by atoms with Gasteiger partial charge < -0.3 is 14.8 Å². The zero-order chi connectivity index (χ0) is 21.6. The van der Waals surface area contributed by atoms with E-state index >= 15 is 0 Å². The lowest BCUT2D eigenvalue weighted by molar-refractivity contribution is -0.118. The largest absolute Gasteiger partial charge is 0.483 e. The van der Waals surface area contributed by atoms with Crippen LogP contribution >= 0.6 is 0 Å². The predicted octanol–water partition coefficient (Wildman–Crippen LogP) is 3.24. The fourth-order valence-corrected chi connectivity index (χ4v) is 4.63. The maximum absolute atomic E-state index is 12.7. The van der Waals surface area contributed by atoms with Gasteiger partial charge in [-0.1, -0.05) is 32.0 Å². The normalized spacial score (nSPS) is 16.1. The molecule has 0 saturated carbocycles. The number of nitrogens with one attached hydrogen (secondary N) is 1. The van der Waals surface area contributed by atoms with Gasteiger partial charge in [0, 0.05) is 18.8 Å². The van der Waals surface area contributed by atoms with Gasteiger partial charge in [-0.25, -0.2) is 8.42 Å². The number of ether oxygens (including phenoxy) is 2. The lowest BCUT2D eigenvalue weighted by Crippen LogP contribution is -2.40. The molecule has 2 aromatic carbocycles. The van der Waals surface area contributed by atoms with Gasteiger partial charge in [0.05, 0.1) is 18.1 Å². The molecule has 1 saturated heterocycles. The smallest absolute Gasteiger partial charge is 0.262 e. The Morgan fingerprint density at radius 1 is 1.13 bits per heavy atom. The molecule has 0 radical (unpaired) electrons. The number of sulfonamides is 1. The molecule has 0 aromatic heterocycles. The summed E-state index contributed by atoms with van der Waals surface area (Å²) >= 11 is 0. The number of morpholine rings is 1. The number of rotatable bonds is 8. The van der Waals surface area contributed by atoms with Crippen LogP contribution in [-0.2, 0) is 19.6 Å². The second-order valence-electron chi connectivity index (χ2n) is 7.22. The molecule has 1 heterocycles. The van der Waals surface area contributed by atoms with Crippen molar-refractivity contribution in [2.75, 3.05) is 38.2 Å². The number of anilines is 1. The lowest BCUT2D eigenvalue weighted by atomic mass is 9.98. The SMILES string of the molecule is CC[C@H](C)c1ccccc1OCC(=O)Nc1ccc(S(=O)(=O)N2CCOCC2)cc1. The Morgan fingerprint density at radius 2 is 1.80 bits per heavy atom. The van der Waals surface area contributed by atoms with Crippen LogP contribution in [0.5, 0.6) is 5.75 Å².